The number of nitrogens with one attached hydrogen (secondary N) is 1. The molecule has 2 aromatic carbocycles. The van der Waals surface area contributed by atoms with E-state index in [1.54, 1.807) is 4.68 Å². The Hall–Kier alpha value is -3.68. The van der Waals surface area contributed by atoms with Crippen molar-refractivity contribution in [1.29, 1.82) is 0 Å². The fourth-order valence-corrected chi connectivity index (χ4v) is 4.16. The summed E-state index contributed by atoms with van der Waals surface area (Å²) in [5, 5.41) is 7.46. The SMILES string of the molecule is COc1ccc(F)cc1C(=O)NCc1ccc(-n2nc3c(c2C(N)=O)CCCC3C)cc1. The molecule has 0 aliphatic heterocycles. The van der Waals surface area contributed by atoms with Gasteiger partial charge in [0.05, 0.1) is 24.1 Å². The minimum absolute atomic E-state index is 0.131. The molecule has 0 radical (unpaired) electrons. The zero-order valence-electron chi connectivity index (χ0n) is 18.0. The average molecular weight is 436 g/mol. The van der Waals surface area contributed by atoms with Crippen LogP contribution in [0.25, 0.3) is 5.69 Å². The number of fused-ring (bicyclic) bond motifs is 1. The van der Waals surface area contributed by atoms with Crippen LogP contribution in [0.3, 0.4) is 0 Å². The molecule has 166 valence electrons. The number of ether oxygens (including phenoxy) is 1. The number of carbonyl (C=O) groups is 2. The predicted molar refractivity (Wildman–Crippen MR) is 118 cm³/mol. The summed E-state index contributed by atoms with van der Waals surface area (Å²) in [6.07, 6.45) is 2.84. The van der Waals surface area contributed by atoms with E-state index in [9.17, 15) is 14.0 Å². The third-order valence-electron chi connectivity index (χ3n) is 5.82. The maximum atomic E-state index is 13.5. The van der Waals surface area contributed by atoms with Crippen molar-refractivity contribution in [2.75, 3.05) is 7.11 Å². The number of hydrogen-bond donors (Lipinski definition) is 2. The minimum atomic E-state index is -0.512. The molecule has 1 aliphatic rings. The maximum absolute atomic E-state index is 13.5. The topological polar surface area (TPSA) is 99.2 Å². The summed E-state index contributed by atoms with van der Waals surface area (Å²) in [6, 6.07) is 11.1. The molecule has 1 atom stereocenters. The summed E-state index contributed by atoms with van der Waals surface area (Å²) in [7, 11) is 1.43. The Bertz CT molecular complexity index is 1170. The summed E-state index contributed by atoms with van der Waals surface area (Å²) < 4.78 is 20.3. The smallest absolute Gasteiger partial charge is 0.267 e. The molecule has 8 heteroatoms. The van der Waals surface area contributed by atoms with E-state index in [-0.39, 0.29) is 18.0 Å². The van der Waals surface area contributed by atoms with Crippen LogP contribution < -0.4 is 15.8 Å². The Kier molecular flexibility index (Phi) is 5.94. The summed E-state index contributed by atoms with van der Waals surface area (Å²) in [6.45, 7) is 2.35. The molecule has 1 aliphatic carbocycles. The summed E-state index contributed by atoms with van der Waals surface area (Å²) in [5.41, 5.74) is 9.69. The summed E-state index contributed by atoms with van der Waals surface area (Å²) in [4.78, 5) is 24.6. The lowest BCUT2D eigenvalue weighted by Gasteiger charge is -2.16. The van der Waals surface area contributed by atoms with E-state index in [0.29, 0.717) is 11.4 Å². The van der Waals surface area contributed by atoms with Gasteiger partial charge in [0.1, 0.15) is 17.3 Å². The Labute approximate surface area is 185 Å². The van der Waals surface area contributed by atoms with Gasteiger partial charge < -0.3 is 15.8 Å². The van der Waals surface area contributed by atoms with E-state index in [4.69, 9.17) is 15.6 Å². The van der Waals surface area contributed by atoms with Gasteiger partial charge in [0.2, 0.25) is 0 Å². The molecule has 0 spiro atoms. The summed E-state index contributed by atoms with van der Waals surface area (Å²) in [5.74, 6) is -0.854. The number of nitrogens with zero attached hydrogens (tertiary/aromatic N) is 2. The fourth-order valence-electron chi connectivity index (χ4n) is 4.16. The Morgan fingerprint density at radius 2 is 2.00 bits per heavy atom. The van der Waals surface area contributed by atoms with Gasteiger partial charge in [-0.15, -0.1) is 0 Å². The Morgan fingerprint density at radius 3 is 2.69 bits per heavy atom. The maximum Gasteiger partial charge on any atom is 0.267 e. The molecular weight excluding hydrogens is 411 g/mol. The Morgan fingerprint density at radius 1 is 1.25 bits per heavy atom. The van der Waals surface area contributed by atoms with Crippen LogP contribution in [0.2, 0.25) is 0 Å². The fraction of sp³-hybridized carbons (Fsp3) is 0.292. The molecule has 4 rings (SSSR count). The van der Waals surface area contributed by atoms with Gasteiger partial charge in [0.25, 0.3) is 11.8 Å². The molecule has 3 N–H and O–H groups in total. The van der Waals surface area contributed by atoms with Gasteiger partial charge in [-0.2, -0.15) is 5.10 Å². The van der Waals surface area contributed by atoms with E-state index < -0.39 is 17.6 Å². The molecule has 2 amide bonds. The standard InChI is InChI=1S/C24H25FN4O3/c1-14-4-3-5-18-21(14)28-29(22(18)23(26)30)17-9-6-15(7-10-17)13-27-24(31)19-12-16(25)8-11-20(19)32-2/h6-12,14H,3-5,13H2,1-2H3,(H2,26,30)(H,27,31). The van der Waals surface area contributed by atoms with Crippen molar-refractivity contribution in [2.45, 2.75) is 38.6 Å². The number of nitrogens with two attached hydrogens (primary N) is 1. The predicted octanol–water partition coefficient (Wildman–Crippen LogP) is 3.49. The minimum Gasteiger partial charge on any atom is -0.496 e. The van der Waals surface area contributed by atoms with Gasteiger partial charge in [0, 0.05) is 18.0 Å². The number of benzene rings is 2. The highest BCUT2D eigenvalue weighted by atomic mass is 19.1. The lowest BCUT2D eigenvalue weighted by molar-refractivity contribution is 0.0946. The van der Waals surface area contributed by atoms with Crippen molar-refractivity contribution in [3.8, 4) is 11.4 Å². The first-order valence-electron chi connectivity index (χ1n) is 10.5. The number of carbonyl (C=O) groups excluding carboxylic acids is 2. The van der Waals surface area contributed by atoms with Gasteiger partial charge in [0.15, 0.2) is 0 Å². The molecule has 0 saturated carbocycles. The van der Waals surface area contributed by atoms with Crippen LogP contribution in [0, 0.1) is 5.82 Å². The van der Waals surface area contributed by atoms with Crippen molar-refractivity contribution in [3.63, 3.8) is 0 Å². The molecule has 7 nitrogen and oxygen atoms in total. The van der Waals surface area contributed by atoms with Crippen molar-refractivity contribution in [3.05, 3.63) is 76.4 Å². The van der Waals surface area contributed by atoms with Gasteiger partial charge in [-0.25, -0.2) is 9.07 Å². The van der Waals surface area contributed by atoms with Crippen LogP contribution in [0.15, 0.2) is 42.5 Å². The number of halogens is 1. The molecular formula is C24H25FN4O3. The van der Waals surface area contributed by atoms with Crippen molar-refractivity contribution >= 4 is 11.8 Å². The second kappa shape index (κ2) is 8.82. The lowest BCUT2D eigenvalue weighted by Crippen LogP contribution is -2.23. The highest BCUT2D eigenvalue weighted by molar-refractivity contribution is 5.97. The number of aromatic nitrogens is 2. The molecule has 0 saturated heterocycles. The number of amides is 2. The number of primary amides is 1. The number of hydrogen-bond acceptors (Lipinski definition) is 4. The average Bonchev–Trinajstić information content (AvgIpc) is 3.19. The lowest BCUT2D eigenvalue weighted by atomic mass is 9.88. The zero-order valence-corrected chi connectivity index (χ0v) is 18.0. The van der Waals surface area contributed by atoms with Crippen LogP contribution in [-0.2, 0) is 13.0 Å². The van der Waals surface area contributed by atoms with Crippen molar-refractivity contribution in [2.24, 2.45) is 5.73 Å². The second-order valence-corrected chi connectivity index (χ2v) is 7.98. The highest BCUT2D eigenvalue weighted by Gasteiger charge is 2.28. The quantitative estimate of drug-likeness (QED) is 0.618. The van der Waals surface area contributed by atoms with Gasteiger partial charge in [-0.3, -0.25) is 9.59 Å². The normalized spacial score (nSPS) is 15.2. The van der Waals surface area contributed by atoms with E-state index in [2.05, 4.69) is 12.2 Å². The zero-order chi connectivity index (χ0) is 22.8. The molecule has 32 heavy (non-hydrogen) atoms. The number of methoxy groups -OCH3 is 1. The molecule has 3 aromatic rings. The van der Waals surface area contributed by atoms with Crippen molar-refractivity contribution in [1.82, 2.24) is 15.1 Å². The van der Waals surface area contributed by atoms with Crippen LogP contribution >= 0.6 is 0 Å². The summed E-state index contributed by atoms with van der Waals surface area (Å²) >= 11 is 0. The van der Waals surface area contributed by atoms with Gasteiger partial charge >= 0.3 is 0 Å². The van der Waals surface area contributed by atoms with Crippen LogP contribution in [0.1, 0.15) is 63.4 Å². The van der Waals surface area contributed by atoms with Crippen LogP contribution in [-0.4, -0.2) is 28.7 Å². The van der Waals surface area contributed by atoms with Gasteiger partial charge in [-0.1, -0.05) is 19.1 Å². The van der Waals surface area contributed by atoms with E-state index in [0.717, 1.165) is 47.8 Å². The largest absolute Gasteiger partial charge is 0.496 e. The molecule has 1 aromatic heterocycles. The van der Waals surface area contributed by atoms with E-state index in [1.807, 2.05) is 24.3 Å². The van der Waals surface area contributed by atoms with Crippen LogP contribution in [0.4, 0.5) is 4.39 Å². The molecule has 0 bridgehead atoms. The van der Waals surface area contributed by atoms with E-state index >= 15 is 0 Å². The van der Waals surface area contributed by atoms with Gasteiger partial charge in [-0.05, 0) is 55.2 Å². The third kappa shape index (κ3) is 4.08. The third-order valence-corrected chi connectivity index (χ3v) is 5.82. The van der Waals surface area contributed by atoms with Crippen LogP contribution in [0.5, 0.6) is 5.75 Å². The monoisotopic (exact) mass is 436 g/mol. The van der Waals surface area contributed by atoms with Crippen molar-refractivity contribution < 1.29 is 18.7 Å². The molecule has 0 fully saturated rings. The first kappa shape index (κ1) is 21.5. The van der Waals surface area contributed by atoms with E-state index in [1.165, 1.54) is 19.2 Å². The number of rotatable bonds is 6. The second-order valence-electron chi connectivity index (χ2n) is 7.98. The first-order valence-corrected chi connectivity index (χ1v) is 10.5. The molecule has 1 unspecified atom stereocenters. The first-order chi connectivity index (χ1) is 15.4. The molecule has 1 heterocycles. The Balaban J connectivity index is 1.53. The highest BCUT2D eigenvalue weighted by Crippen LogP contribution is 2.33.